The Hall–Kier alpha value is -1.38. The van der Waals surface area contributed by atoms with Gasteiger partial charge in [-0.25, -0.2) is 0 Å². The third kappa shape index (κ3) is 5.11. The van der Waals surface area contributed by atoms with E-state index in [2.05, 4.69) is 18.8 Å². The molecule has 0 aromatic carbocycles. The Morgan fingerprint density at radius 1 is 1.18 bits per heavy atom. The average molecular weight is 303 g/mol. The van der Waals surface area contributed by atoms with E-state index in [1.807, 2.05) is 12.1 Å². The van der Waals surface area contributed by atoms with Crippen LogP contribution in [0.25, 0.3) is 0 Å². The lowest BCUT2D eigenvalue weighted by Crippen LogP contribution is -2.25. The third-order valence-electron chi connectivity index (χ3n) is 4.68. The van der Waals surface area contributed by atoms with Crippen molar-refractivity contribution in [2.75, 3.05) is 0 Å². The van der Waals surface area contributed by atoms with Gasteiger partial charge in [-0.1, -0.05) is 33.1 Å². The van der Waals surface area contributed by atoms with Crippen LogP contribution in [0.2, 0.25) is 0 Å². The van der Waals surface area contributed by atoms with Gasteiger partial charge in [-0.2, -0.15) is 0 Å². The molecule has 0 unspecified atom stereocenters. The van der Waals surface area contributed by atoms with Gasteiger partial charge in [0, 0.05) is 5.69 Å². The maximum Gasteiger partial charge on any atom is 0.314 e. The molecule has 122 valence electrons. The van der Waals surface area contributed by atoms with Crippen molar-refractivity contribution in [3.63, 3.8) is 0 Å². The topological polar surface area (TPSA) is 39.2 Å². The Balaban J connectivity index is 1.79. The van der Waals surface area contributed by atoms with Crippen LogP contribution in [0.3, 0.4) is 0 Å². The van der Waals surface area contributed by atoms with Crippen molar-refractivity contribution in [2.24, 2.45) is 11.8 Å². The number of unbranched alkanes of at least 4 members (excludes halogenated alkanes) is 1. The van der Waals surface area contributed by atoms with E-state index in [9.17, 15) is 4.79 Å². The summed E-state index contributed by atoms with van der Waals surface area (Å²) in [4.78, 5) is 16.6. The monoisotopic (exact) mass is 303 g/mol. The van der Waals surface area contributed by atoms with Gasteiger partial charge in [0.25, 0.3) is 0 Å². The first-order chi connectivity index (χ1) is 10.7. The minimum absolute atomic E-state index is 0.0712. The molecule has 0 atom stereocenters. The molecule has 22 heavy (non-hydrogen) atoms. The largest absolute Gasteiger partial charge is 0.425 e. The molecule has 2 rings (SSSR count). The Morgan fingerprint density at radius 3 is 2.55 bits per heavy atom. The third-order valence-corrected chi connectivity index (χ3v) is 4.68. The minimum atomic E-state index is -0.0712. The van der Waals surface area contributed by atoms with Crippen LogP contribution >= 0.6 is 0 Å². The van der Waals surface area contributed by atoms with Gasteiger partial charge in [0.15, 0.2) is 0 Å². The summed E-state index contributed by atoms with van der Waals surface area (Å²) in [7, 11) is 0. The molecule has 0 radical (unpaired) electrons. The predicted molar refractivity (Wildman–Crippen MR) is 88.8 cm³/mol. The van der Waals surface area contributed by atoms with Gasteiger partial charge in [0.05, 0.1) is 12.1 Å². The zero-order chi connectivity index (χ0) is 15.8. The number of esters is 1. The van der Waals surface area contributed by atoms with Crippen LogP contribution in [0.4, 0.5) is 0 Å². The van der Waals surface area contributed by atoms with Crippen LogP contribution in [0.15, 0.2) is 18.3 Å². The zero-order valence-electron chi connectivity index (χ0n) is 14.0. The number of pyridine rings is 1. The molecule has 0 N–H and O–H groups in total. The molecule has 1 aliphatic carbocycles. The number of hydrogen-bond acceptors (Lipinski definition) is 3. The van der Waals surface area contributed by atoms with Gasteiger partial charge in [-0.05, 0) is 56.6 Å². The van der Waals surface area contributed by atoms with Crippen molar-refractivity contribution in [3.05, 3.63) is 24.0 Å². The molecule has 1 heterocycles. The van der Waals surface area contributed by atoms with Crippen molar-refractivity contribution in [2.45, 2.75) is 71.6 Å². The quantitative estimate of drug-likeness (QED) is 0.670. The standard InChI is InChI=1S/C19H29NO2/c1-3-5-7-17-12-13-18(14-20-17)22-19(21)16-10-8-15(6-4-2)9-11-16/h12-16H,3-11H2,1-2H3/t15-,16-. The van der Waals surface area contributed by atoms with Crippen molar-refractivity contribution < 1.29 is 9.53 Å². The first-order valence-electron chi connectivity index (χ1n) is 8.89. The fourth-order valence-corrected chi connectivity index (χ4v) is 3.27. The van der Waals surface area contributed by atoms with E-state index in [-0.39, 0.29) is 11.9 Å². The zero-order valence-corrected chi connectivity index (χ0v) is 14.0. The second-order valence-electron chi connectivity index (χ2n) is 6.52. The number of carbonyl (C=O) groups is 1. The summed E-state index contributed by atoms with van der Waals surface area (Å²) in [5, 5.41) is 0. The Labute approximate surface area is 134 Å². The number of aromatic nitrogens is 1. The molecular weight excluding hydrogens is 274 g/mol. The number of carbonyl (C=O) groups excluding carboxylic acids is 1. The van der Waals surface area contributed by atoms with Crippen molar-refractivity contribution in [3.8, 4) is 5.75 Å². The number of rotatable bonds is 7. The summed E-state index contributed by atoms with van der Waals surface area (Å²) in [6, 6.07) is 3.84. The predicted octanol–water partition coefficient (Wildman–Crippen LogP) is 4.94. The van der Waals surface area contributed by atoms with Crippen LogP contribution in [0.1, 0.15) is 70.9 Å². The summed E-state index contributed by atoms with van der Waals surface area (Å²) >= 11 is 0. The van der Waals surface area contributed by atoms with Crippen LogP contribution in [0.5, 0.6) is 5.75 Å². The summed E-state index contributed by atoms with van der Waals surface area (Å²) in [5.74, 6) is 1.40. The number of aryl methyl sites for hydroxylation is 1. The Morgan fingerprint density at radius 2 is 1.95 bits per heavy atom. The lowest BCUT2D eigenvalue weighted by Gasteiger charge is -2.26. The van der Waals surface area contributed by atoms with Gasteiger partial charge in [-0.15, -0.1) is 0 Å². The second kappa shape index (κ2) is 8.92. The lowest BCUT2D eigenvalue weighted by molar-refractivity contribution is -0.140. The molecule has 1 aromatic heterocycles. The smallest absolute Gasteiger partial charge is 0.314 e. The maximum absolute atomic E-state index is 12.2. The molecule has 0 amide bonds. The Bertz CT molecular complexity index is 447. The number of hydrogen-bond donors (Lipinski definition) is 0. The fraction of sp³-hybridized carbons (Fsp3) is 0.684. The van der Waals surface area contributed by atoms with E-state index in [0.29, 0.717) is 5.75 Å². The molecule has 1 saturated carbocycles. The normalized spacial score (nSPS) is 21.5. The van der Waals surface area contributed by atoms with E-state index in [0.717, 1.165) is 37.3 Å². The summed E-state index contributed by atoms with van der Waals surface area (Å²) in [5.41, 5.74) is 1.07. The molecule has 3 nitrogen and oxygen atoms in total. The molecule has 0 aliphatic heterocycles. The summed E-state index contributed by atoms with van der Waals surface area (Å²) in [6.07, 6.45) is 11.8. The molecule has 0 spiro atoms. The molecule has 0 saturated heterocycles. The first-order valence-corrected chi connectivity index (χ1v) is 8.89. The highest BCUT2D eigenvalue weighted by Crippen LogP contribution is 2.32. The van der Waals surface area contributed by atoms with Gasteiger partial charge in [-0.3, -0.25) is 9.78 Å². The Kier molecular flexibility index (Phi) is 6.88. The first kappa shape index (κ1) is 17.0. The number of nitrogens with zero attached hydrogens (tertiary/aromatic N) is 1. The molecule has 1 aliphatic rings. The fourth-order valence-electron chi connectivity index (χ4n) is 3.27. The van der Waals surface area contributed by atoms with Crippen molar-refractivity contribution in [1.82, 2.24) is 4.98 Å². The highest BCUT2D eigenvalue weighted by Gasteiger charge is 2.27. The molecule has 1 fully saturated rings. The lowest BCUT2D eigenvalue weighted by atomic mass is 9.80. The van der Waals surface area contributed by atoms with Crippen LogP contribution < -0.4 is 4.74 Å². The van der Waals surface area contributed by atoms with Crippen LogP contribution in [-0.4, -0.2) is 11.0 Å². The second-order valence-corrected chi connectivity index (χ2v) is 6.52. The highest BCUT2D eigenvalue weighted by molar-refractivity contribution is 5.75. The van der Waals surface area contributed by atoms with Crippen molar-refractivity contribution in [1.29, 1.82) is 0 Å². The van der Waals surface area contributed by atoms with Gasteiger partial charge >= 0.3 is 5.97 Å². The van der Waals surface area contributed by atoms with Crippen LogP contribution in [0, 0.1) is 11.8 Å². The van der Waals surface area contributed by atoms with E-state index < -0.39 is 0 Å². The number of ether oxygens (including phenoxy) is 1. The van der Waals surface area contributed by atoms with E-state index in [4.69, 9.17) is 4.74 Å². The molecule has 1 aromatic rings. The molecular formula is C19H29NO2. The van der Waals surface area contributed by atoms with E-state index in [1.165, 1.54) is 32.1 Å². The maximum atomic E-state index is 12.2. The summed E-state index contributed by atoms with van der Waals surface area (Å²) < 4.78 is 5.51. The average Bonchev–Trinajstić information content (AvgIpc) is 2.55. The van der Waals surface area contributed by atoms with Crippen LogP contribution in [-0.2, 0) is 11.2 Å². The minimum Gasteiger partial charge on any atom is -0.425 e. The van der Waals surface area contributed by atoms with Gasteiger partial charge in [0.2, 0.25) is 0 Å². The molecule has 3 heteroatoms. The summed E-state index contributed by atoms with van der Waals surface area (Å²) in [6.45, 7) is 4.41. The highest BCUT2D eigenvalue weighted by atomic mass is 16.5. The van der Waals surface area contributed by atoms with E-state index >= 15 is 0 Å². The van der Waals surface area contributed by atoms with Crippen molar-refractivity contribution >= 4 is 5.97 Å². The molecule has 0 bridgehead atoms. The SMILES string of the molecule is CCCCc1ccc(OC(=O)[C@H]2CC[C@H](CCC)CC2)cn1. The van der Waals surface area contributed by atoms with Gasteiger partial charge in [0.1, 0.15) is 5.75 Å². The van der Waals surface area contributed by atoms with Gasteiger partial charge < -0.3 is 4.74 Å². The van der Waals surface area contributed by atoms with E-state index in [1.54, 1.807) is 6.20 Å².